The summed E-state index contributed by atoms with van der Waals surface area (Å²) in [6.45, 7) is 3.31. The van der Waals surface area contributed by atoms with E-state index in [1.807, 2.05) is 0 Å². The Balaban J connectivity index is 2.13. The van der Waals surface area contributed by atoms with E-state index in [4.69, 9.17) is 16.3 Å². The van der Waals surface area contributed by atoms with Crippen LogP contribution in [0.25, 0.3) is 0 Å². The first kappa shape index (κ1) is 10.6. The van der Waals surface area contributed by atoms with Crippen LogP contribution in [0.4, 0.5) is 4.79 Å². The van der Waals surface area contributed by atoms with Crippen LogP contribution in [0.3, 0.4) is 0 Å². The molecule has 0 atom stereocenters. The molecule has 1 aliphatic heterocycles. The van der Waals surface area contributed by atoms with Gasteiger partial charge in [-0.25, -0.2) is 4.79 Å². The van der Waals surface area contributed by atoms with Crippen molar-refractivity contribution in [3.8, 4) is 0 Å². The first-order valence-electron chi connectivity index (χ1n) is 4.51. The Morgan fingerprint density at radius 3 is 2.77 bits per heavy atom. The molecule has 1 saturated heterocycles. The Bertz CT molecular complexity index is 160. The predicted molar refractivity (Wildman–Crippen MR) is 51.1 cm³/mol. The van der Waals surface area contributed by atoms with Gasteiger partial charge in [0.15, 0.2) is 0 Å². The van der Waals surface area contributed by atoms with Gasteiger partial charge in [0.1, 0.15) is 0 Å². The molecule has 0 aromatic carbocycles. The topological polar surface area (TPSA) is 41.6 Å². The summed E-state index contributed by atoms with van der Waals surface area (Å²) in [5.74, 6) is 0.587. The number of amides is 2. The third-order valence-corrected chi connectivity index (χ3v) is 2.15. The smallest absolute Gasteiger partial charge is 0.317 e. The van der Waals surface area contributed by atoms with Crippen molar-refractivity contribution >= 4 is 17.6 Å². The summed E-state index contributed by atoms with van der Waals surface area (Å²) < 4.78 is 5.13. The number of carbonyl (C=O) groups excluding carboxylic acids is 1. The minimum absolute atomic E-state index is 0.00610. The number of morpholine rings is 1. The third-order valence-electron chi connectivity index (χ3n) is 1.88. The maximum Gasteiger partial charge on any atom is 0.317 e. The summed E-state index contributed by atoms with van der Waals surface area (Å²) in [4.78, 5) is 13.2. The van der Waals surface area contributed by atoms with Gasteiger partial charge < -0.3 is 15.0 Å². The number of alkyl halides is 1. The first-order valence-corrected chi connectivity index (χ1v) is 5.04. The Hall–Kier alpha value is -0.480. The van der Waals surface area contributed by atoms with Crippen LogP contribution < -0.4 is 5.32 Å². The van der Waals surface area contributed by atoms with Gasteiger partial charge in [0.25, 0.3) is 0 Å². The van der Waals surface area contributed by atoms with Gasteiger partial charge in [0.05, 0.1) is 13.2 Å². The number of hydrogen-bond acceptors (Lipinski definition) is 2. The van der Waals surface area contributed by atoms with Gasteiger partial charge in [-0.3, -0.25) is 0 Å². The second-order valence-electron chi connectivity index (χ2n) is 2.87. The normalized spacial score (nSPS) is 17.2. The maximum absolute atomic E-state index is 11.4. The number of halogens is 1. The zero-order valence-corrected chi connectivity index (χ0v) is 8.35. The van der Waals surface area contributed by atoms with Crippen molar-refractivity contribution in [2.45, 2.75) is 6.42 Å². The van der Waals surface area contributed by atoms with Crippen molar-refractivity contribution in [3.05, 3.63) is 0 Å². The molecule has 0 aromatic rings. The largest absolute Gasteiger partial charge is 0.378 e. The Morgan fingerprint density at radius 1 is 1.46 bits per heavy atom. The highest BCUT2D eigenvalue weighted by Gasteiger charge is 2.15. The Kier molecular flexibility index (Phi) is 4.93. The zero-order valence-electron chi connectivity index (χ0n) is 7.59. The fourth-order valence-corrected chi connectivity index (χ4v) is 1.27. The lowest BCUT2D eigenvalue weighted by Gasteiger charge is -2.26. The van der Waals surface area contributed by atoms with E-state index >= 15 is 0 Å². The quantitative estimate of drug-likeness (QED) is 0.545. The number of hydrogen-bond donors (Lipinski definition) is 1. The van der Waals surface area contributed by atoms with E-state index in [-0.39, 0.29) is 6.03 Å². The van der Waals surface area contributed by atoms with E-state index in [0.29, 0.717) is 38.7 Å². The van der Waals surface area contributed by atoms with Crippen LogP contribution in [0.15, 0.2) is 0 Å². The molecular weight excluding hydrogens is 192 g/mol. The summed E-state index contributed by atoms with van der Waals surface area (Å²) in [5.41, 5.74) is 0. The van der Waals surface area contributed by atoms with Gasteiger partial charge >= 0.3 is 6.03 Å². The Labute approximate surface area is 83.2 Å². The Morgan fingerprint density at radius 2 is 2.15 bits per heavy atom. The first-order chi connectivity index (χ1) is 6.34. The summed E-state index contributed by atoms with van der Waals surface area (Å²) in [5, 5.41) is 2.80. The van der Waals surface area contributed by atoms with Crippen molar-refractivity contribution in [3.63, 3.8) is 0 Å². The van der Waals surface area contributed by atoms with Gasteiger partial charge in [-0.05, 0) is 6.42 Å². The molecule has 1 aliphatic rings. The highest BCUT2D eigenvalue weighted by atomic mass is 35.5. The zero-order chi connectivity index (χ0) is 9.52. The molecule has 0 aromatic heterocycles. The van der Waals surface area contributed by atoms with Crippen LogP contribution in [0.1, 0.15) is 6.42 Å². The maximum atomic E-state index is 11.4. The van der Waals surface area contributed by atoms with Crippen LogP contribution in [-0.4, -0.2) is 49.7 Å². The van der Waals surface area contributed by atoms with Crippen molar-refractivity contribution in [1.82, 2.24) is 10.2 Å². The average Bonchev–Trinajstić information content (AvgIpc) is 2.19. The molecule has 1 heterocycles. The number of urea groups is 1. The molecule has 13 heavy (non-hydrogen) atoms. The minimum atomic E-state index is -0.00610. The standard InChI is InChI=1S/C8H15ClN2O2/c9-2-1-3-10-8(12)11-4-6-13-7-5-11/h1-7H2,(H,10,12). The summed E-state index contributed by atoms with van der Waals surface area (Å²) in [7, 11) is 0. The third kappa shape index (κ3) is 3.83. The minimum Gasteiger partial charge on any atom is -0.378 e. The molecule has 5 heteroatoms. The molecule has 1 rings (SSSR count). The van der Waals surface area contributed by atoms with E-state index < -0.39 is 0 Å². The monoisotopic (exact) mass is 206 g/mol. The van der Waals surface area contributed by atoms with E-state index in [1.54, 1.807) is 4.90 Å². The van der Waals surface area contributed by atoms with Gasteiger partial charge in [0.2, 0.25) is 0 Å². The molecule has 0 spiro atoms. The van der Waals surface area contributed by atoms with Gasteiger partial charge in [-0.1, -0.05) is 0 Å². The lowest BCUT2D eigenvalue weighted by atomic mass is 10.4. The van der Waals surface area contributed by atoms with Crippen molar-refractivity contribution < 1.29 is 9.53 Å². The lowest BCUT2D eigenvalue weighted by Crippen LogP contribution is -2.46. The van der Waals surface area contributed by atoms with Crippen LogP contribution in [0.2, 0.25) is 0 Å². The summed E-state index contributed by atoms with van der Waals surface area (Å²) >= 11 is 5.49. The van der Waals surface area contributed by atoms with Crippen molar-refractivity contribution in [2.75, 3.05) is 38.7 Å². The van der Waals surface area contributed by atoms with Crippen LogP contribution >= 0.6 is 11.6 Å². The molecule has 4 nitrogen and oxygen atoms in total. The second kappa shape index (κ2) is 6.05. The van der Waals surface area contributed by atoms with E-state index in [2.05, 4.69) is 5.32 Å². The van der Waals surface area contributed by atoms with Gasteiger partial charge in [-0.2, -0.15) is 0 Å². The number of carbonyl (C=O) groups is 1. The molecule has 0 aliphatic carbocycles. The van der Waals surface area contributed by atoms with Crippen molar-refractivity contribution in [2.24, 2.45) is 0 Å². The lowest BCUT2D eigenvalue weighted by molar-refractivity contribution is 0.0532. The molecule has 1 fully saturated rings. The molecular formula is C8H15ClN2O2. The molecule has 0 radical (unpaired) electrons. The fraction of sp³-hybridized carbons (Fsp3) is 0.875. The average molecular weight is 207 g/mol. The van der Waals surface area contributed by atoms with Gasteiger partial charge in [-0.15, -0.1) is 11.6 Å². The highest BCUT2D eigenvalue weighted by molar-refractivity contribution is 6.17. The van der Waals surface area contributed by atoms with E-state index in [1.165, 1.54) is 0 Å². The van der Waals surface area contributed by atoms with Crippen LogP contribution in [-0.2, 0) is 4.74 Å². The molecule has 0 bridgehead atoms. The molecule has 1 N–H and O–H groups in total. The number of ether oxygens (including phenoxy) is 1. The number of rotatable bonds is 3. The summed E-state index contributed by atoms with van der Waals surface area (Å²) in [6.07, 6.45) is 0.817. The van der Waals surface area contributed by atoms with E-state index in [0.717, 1.165) is 6.42 Å². The fourth-order valence-electron chi connectivity index (χ4n) is 1.14. The SMILES string of the molecule is O=C(NCCCCl)N1CCOCC1. The highest BCUT2D eigenvalue weighted by Crippen LogP contribution is 1.96. The van der Waals surface area contributed by atoms with E-state index in [9.17, 15) is 4.79 Å². The van der Waals surface area contributed by atoms with Crippen LogP contribution in [0, 0.1) is 0 Å². The molecule has 0 saturated carbocycles. The van der Waals surface area contributed by atoms with Crippen LogP contribution in [0.5, 0.6) is 0 Å². The van der Waals surface area contributed by atoms with Crippen molar-refractivity contribution in [1.29, 1.82) is 0 Å². The van der Waals surface area contributed by atoms with Gasteiger partial charge in [0, 0.05) is 25.5 Å². The number of nitrogens with one attached hydrogen (secondary N) is 1. The number of nitrogens with zero attached hydrogens (tertiary/aromatic N) is 1. The predicted octanol–water partition coefficient (Wildman–Crippen LogP) is 0.657. The second-order valence-corrected chi connectivity index (χ2v) is 3.25. The molecule has 76 valence electrons. The summed E-state index contributed by atoms with van der Waals surface area (Å²) in [6, 6.07) is -0.00610. The molecule has 0 unspecified atom stereocenters. The molecule has 2 amide bonds.